The largest absolute Gasteiger partial charge is 0.412 e. The Balaban J connectivity index is 1.23. The van der Waals surface area contributed by atoms with Crippen molar-refractivity contribution in [2.75, 3.05) is 31.3 Å². The highest BCUT2D eigenvalue weighted by Gasteiger charge is 2.59. The van der Waals surface area contributed by atoms with Crippen molar-refractivity contribution >= 4 is 80.7 Å². The van der Waals surface area contributed by atoms with E-state index in [1.165, 1.54) is 24.4 Å². The molecule has 3 saturated heterocycles. The molecule has 3 aliphatic rings. The van der Waals surface area contributed by atoms with E-state index in [4.69, 9.17) is 46.2 Å². The summed E-state index contributed by atoms with van der Waals surface area (Å²) in [5, 5.41) is -1.60. The fourth-order valence-corrected chi connectivity index (χ4v) is 13.5. The van der Waals surface area contributed by atoms with Crippen molar-refractivity contribution in [3.63, 3.8) is 0 Å². The molecule has 0 saturated carbocycles. The molecule has 3 fully saturated rings. The molecule has 0 amide bonds. The molecular weight excluding hydrogens is 763 g/mol. The number of imidazole rings is 2. The predicted octanol–water partition coefficient (Wildman–Crippen LogP) is 2.27. The summed E-state index contributed by atoms with van der Waals surface area (Å²) < 4.78 is 46.5. The van der Waals surface area contributed by atoms with Gasteiger partial charge >= 0.3 is 8.25 Å². The molecule has 4 aromatic rings. The van der Waals surface area contributed by atoms with Crippen molar-refractivity contribution in [1.82, 2.24) is 39.0 Å². The smallest absolute Gasteiger partial charge is 0.316 e. The number of aromatic nitrogens is 8. The number of rotatable bonds is 11. The molecule has 3 aliphatic heterocycles. The van der Waals surface area contributed by atoms with Crippen LogP contribution in [0.5, 0.6) is 0 Å². The van der Waals surface area contributed by atoms with E-state index in [0.29, 0.717) is 17.6 Å². The van der Waals surface area contributed by atoms with E-state index in [2.05, 4.69) is 63.8 Å². The van der Waals surface area contributed by atoms with Crippen molar-refractivity contribution in [3.05, 3.63) is 29.3 Å². The van der Waals surface area contributed by atoms with Gasteiger partial charge in [0.05, 0.1) is 54.9 Å². The van der Waals surface area contributed by atoms with Crippen LogP contribution in [-0.2, 0) is 39.3 Å². The molecule has 7 rings (SSSR count). The molecule has 4 aromatic heterocycles. The van der Waals surface area contributed by atoms with Gasteiger partial charge in [-0.3, -0.25) is 18.9 Å². The highest BCUT2D eigenvalue weighted by atomic mass is 32.5. The van der Waals surface area contributed by atoms with Gasteiger partial charge in [0.15, 0.2) is 43.7 Å². The summed E-state index contributed by atoms with van der Waals surface area (Å²) in [6, 6.07) is 0. The molecule has 7 N–H and O–H groups in total. The lowest BCUT2D eigenvalue weighted by Gasteiger charge is -2.42. The second kappa shape index (κ2) is 13.2. The van der Waals surface area contributed by atoms with Crippen LogP contribution in [0, 0.1) is 0 Å². The monoisotopic (exact) mass is 802 g/mol. The number of aromatic amines is 1. The third kappa shape index (κ3) is 6.72. The van der Waals surface area contributed by atoms with Crippen LogP contribution < -0.4 is 17.0 Å². The van der Waals surface area contributed by atoms with Crippen molar-refractivity contribution in [3.8, 4) is 0 Å². The molecule has 24 heteroatoms. The summed E-state index contributed by atoms with van der Waals surface area (Å²) in [5.41, 5.74) is 10.6. The van der Waals surface area contributed by atoms with Gasteiger partial charge in [-0.1, -0.05) is 20.8 Å². The van der Waals surface area contributed by atoms with Gasteiger partial charge < -0.3 is 48.8 Å². The first kappa shape index (κ1) is 37.0. The number of hydrogen-bond donors (Lipinski definition) is 5. The Kier molecular flexibility index (Phi) is 9.58. The summed E-state index contributed by atoms with van der Waals surface area (Å²) in [6.45, 7) is 6.35. The molecule has 2 bridgehead atoms. The summed E-state index contributed by atoms with van der Waals surface area (Å²) in [7, 11) is -5.90. The fourth-order valence-electron chi connectivity index (χ4n) is 6.44. The standard InChI is InChI=1S/C27H40N10O9P2S2Si/c1-26(2,3)51(4,5)46-17-14(7-43-47(39)40)50-24(37-12-33-16-21(37)34-25(29)35-22(16)38)18(17)48(41,49)44-9-27-6-13(42-8-27)23(45-27)36-11-32-15-19(28)30-10-31-20(15)36/h10-14,17-18,23-24,47H,6-9H2,1-5H3,(H,39,40)(H,41,49)(H2,28,30,31)(H3,29,34,35,38)/t13-,14-,17?,18-,23-,24-,27-,48?/m1/s1. The Morgan fingerprint density at radius 3 is 2.65 bits per heavy atom. The normalized spacial score (nSPS) is 30.0. The first-order valence-electron chi connectivity index (χ1n) is 16.0. The molecule has 278 valence electrons. The van der Waals surface area contributed by atoms with E-state index in [9.17, 15) is 19.1 Å². The number of anilines is 2. The molecule has 0 spiro atoms. The van der Waals surface area contributed by atoms with Crippen molar-refractivity contribution in [1.29, 1.82) is 0 Å². The minimum atomic E-state index is -3.90. The second-order valence-corrected chi connectivity index (χ2v) is 24.9. The summed E-state index contributed by atoms with van der Waals surface area (Å²) in [4.78, 5) is 58.6. The number of hydrogen-bond acceptors (Lipinski definition) is 16. The molecule has 9 atom stereocenters. The first-order valence-corrected chi connectivity index (χ1v) is 23.9. The van der Waals surface area contributed by atoms with Gasteiger partial charge in [-0.25, -0.2) is 19.9 Å². The minimum absolute atomic E-state index is 0.0372. The average Bonchev–Trinajstić information content (AvgIpc) is 3.86. The van der Waals surface area contributed by atoms with Crippen LogP contribution in [-0.4, -0.2) is 106 Å². The Morgan fingerprint density at radius 1 is 1.20 bits per heavy atom. The average molecular weight is 803 g/mol. The molecule has 0 radical (unpaired) electrons. The molecule has 0 aromatic carbocycles. The Morgan fingerprint density at radius 2 is 1.92 bits per heavy atom. The van der Waals surface area contributed by atoms with Crippen LogP contribution in [0.2, 0.25) is 18.1 Å². The number of nitrogens with two attached hydrogens (primary N) is 2. The summed E-state index contributed by atoms with van der Waals surface area (Å²) >= 11 is 7.35. The van der Waals surface area contributed by atoms with Gasteiger partial charge in [-0.15, -0.1) is 11.8 Å². The third-order valence-electron chi connectivity index (χ3n) is 10.0. The van der Waals surface area contributed by atoms with Gasteiger partial charge in [-0.2, -0.15) is 4.98 Å². The lowest BCUT2D eigenvalue weighted by molar-refractivity contribution is -0.179. The molecule has 0 aliphatic carbocycles. The highest BCUT2D eigenvalue weighted by molar-refractivity contribution is 8.10. The first-order chi connectivity index (χ1) is 23.9. The van der Waals surface area contributed by atoms with Gasteiger partial charge in [0.2, 0.25) is 5.95 Å². The van der Waals surface area contributed by atoms with Crippen LogP contribution >= 0.6 is 26.5 Å². The van der Waals surface area contributed by atoms with E-state index in [1.807, 2.05) is 0 Å². The maximum absolute atomic E-state index is 12.7. The predicted molar refractivity (Wildman–Crippen MR) is 195 cm³/mol. The van der Waals surface area contributed by atoms with Crippen LogP contribution in [0.4, 0.5) is 11.8 Å². The Bertz CT molecular complexity index is 2110. The molecule has 3 unspecified atom stereocenters. The molecule has 19 nitrogen and oxygen atoms in total. The van der Waals surface area contributed by atoms with Crippen molar-refractivity contribution < 1.29 is 37.3 Å². The zero-order valence-corrected chi connectivity index (χ0v) is 32.9. The lowest BCUT2D eigenvalue weighted by atomic mass is 10.0. The van der Waals surface area contributed by atoms with Gasteiger partial charge in [0, 0.05) is 6.42 Å². The maximum Gasteiger partial charge on any atom is 0.316 e. The number of nitrogens with zero attached hydrogens (tertiary/aromatic N) is 7. The van der Waals surface area contributed by atoms with Crippen LogP contribution in [0.1, 0.15) is 38.8 Å². The number of ether oxygens (including phenoxy) is 2. The van der Waals surface area contributed by atoms with E-state index in [1.54, 1.807) is 15.5 Å². The zero-order chi connectivity index (χ0) is 36.7. The SMILES string of the molecule is CC(C)(C)[Si](C)(C)OC1[C@@H](P(O)(=S)OC[C@]23CO[C@H](C2)[C@H](n2cnc4c(N)ncnc42)O3)[C@H](n2cnc3c(=O)[nH]c(N)nc32)S[C@@H]1CO[PH](=O)O. The van der Waals surface area contributed by atoms with E-state index < -0.39 is 62.8 Å². The zero-order valence-electron chi connectivity index (χ0n) is 28.3. The maximum atomic E-state index is 12.7. The molecule has 51 heavy (non-hydrogen) atoms. The van der Waals surface area contributed by atoms with Crippen LogP contribution in [0.25, 0.3) is 22.3 Å². The van der Waals surface area contributed by atoms with E-state index in [-0.39, 0.29) is 53.9 Å². The number of thioether (sulfide) groups is 1. The Hall–Kier alpha value is -2.33. The minimum Gasteiger partial charge on any atom is -0.412 e. The topological polar surface area (TPSA) is 263 Å². The number of nitrogen functional groups attached to an aromatic ring is 2. The molecule has 7 heterocycles. The fraction of sp³-hybridized carbons (Fsp3) is 0.630. The van der Waals surface area contributed by atoms with Gasteiger partial charge in [-0.05, 0) is 29.9 Å². The number of fused-ring (bicyclic) bond motifs is 4. The lowest BCUT2D eigenvalue weighted by Crippen LogP contribution is -2.49. The van der Waals surface area contributed by atoms with Crippen molar-refractivity contribution in [2.45, 2.75) is 85.6 Å². The van der Waals surface area contributed by atoms with E-state index in [0.717, 1.165) is 0 Å². The number of H-pyrrole nitrogens is 1. The third-order valence-corrected chi connectivity index (χ3v) is 19.5. The van der Waals surface area contributed by atoms with Crippen LogP contribution in [0.15, 0.2) is 23.8 Å². The second-order valence-electron chi connectivity index (χ2n) is 14.4. The number of nitrogens with one attached hydrogen (secondary N) is 1. The van der Waals surface area contributed by atoms with Crippen LogP contribution in [0.3, 0.4) is 0 Å². The van der Waals surface area contributed by atoms with E-state index >= 15 is 0 Å². The Labute approximate surface area is 302 Å². The summed E-state index contributed by atoms with van der Waals surface area (Å²) in [6.07, 6.45) is 3.03. The van der Waals surface area contributed by atoms with Gasteiger partial charge in [0.1, 0.15) is 23.5 Å². The highest BCUT2D eigenvalue weighted by Crippen LogP contribution is 2.64. The van der Waals surface area contributed by atoms with Gasteiger partial charge in [0.25, 0.3) is 5.56 Å². The molecular formula is C27H40N10O9P2S2Si. The van der Waals surface area contributed by atoms with Crippen molar-refractivity contribution in [2.24, 2.45) is 0 Å². The quantitative estimate of drug-likeness (QED) is 0.108. The summed E-state index contributed by atoms with van der Waals surface area (Å²) in [5.74, 6) is 0.118.